The molecular weight excluding hydrogens is 376 g/mol. The Morgan fingerprint density at radius 1 is 1.18 bits per heavy atom. The average Bonchev–Trinajstić information content (AvgIpc) is 3.15. The predicted octanol–water partition coefficient (Wildman–Crippen LogP) is 3.00. The standard InChI is InChI=1S/C20H26N4O3S/c1-3-23-18(15-10-6-5-7-11-15)21-22-20(23)28-14-17(25)24-13-9-8-12-16(24)19(26)27-4-2/h5-7,10-11,16H,3-4,8-9,12-14H2,1-2H3/t16-/m1/s1. The fourth-order valence-electron chi connectivity index (χ4n) is 3.40. The van der Waals surface area contributed by atoms with E-state index in [1.54, 1.807) is 11.8 Å². The number of benzene rings is 1. The van der Waals surface area contributed by atoms with E-state index in [4.69, 9.17) is 4.74 Å². The second kappa shape index (κ2) is 9.73. The summed E-state index contributed by atoms with van der Waals surface area (Å²) in [5.41, 5.74) is 0.994. The summed E-state index contributed by atoms with van der Waals surface area (Å²) < 4.78 is 7.15. The summed E-state index contributed by atoms with van der Waals surface area (Å²) in [4.78, 5) is 26.7. The lowest BCUT2D eigenvalue weighted by Gasteiger charge is -2.33. The molecule has 2 heterocycles. The number of piperidine rings is 1. The maximum atomic E-state index is 12.8. The third-order valence-electron chi connectivity index (χ3n) is 4.77. The lowest BCUT2D eigenvalue weighted by Crippen LogP contribution is -2.49. The maximum absolute atomic E-state index is 12.8. The highest BCUT2D eigenvalue weighted by Gasteiger charge is 2.33. The molecule has 8 heteroatoms. The molecule has 1 atom stereocenters. The zero-order valence-electron chi connectivity index (χ0n) is 16.3. The van der Waals surface area contributed by atoms with E-state index in [9.17, 15) is 9.59 Å². The summed E-state index contributed by atoms with van der Waals surface area (Å²) in [6, 6.07) is 9.41. The lowest BCUT2D eigenvalue weighted by atomic mass is 10.0. The van der Waals surface area contributed by atoms with E-state index in [2.05, 4.69) is 10.2 Å². The SMILES string of the molecule is CCOC(=O)[C@H]1CCCCN1C(=O)CSc1nnc(-c2ccccc2)n1CC. The molecule has 0 radical (unpaired) electrons. The number of likely N-dealkylation sites (tertiary alicyclic amines) is 1. The first kappa shape index (κ1) is 20.4. The van der Waals surface area contributed by atoms with Gasteiger partial charge in [0.2, 0.25) is 5.91 Å². The normalized spacial score (nSPS) is 16.8. The topological polar surface area (TPSA) is 77.3 Å². The Hall–Kier alpha value is -2.35. The predicted molar refractivity (Wildman–Crippen MR) is 108 cm³/mol. The molecule has 1 saturated heterocycles. The summed E-state index contributed by atoms with van der Waals surface area (Å²) >= 11 is 1.36. The van der Waals surface area contributed by atoms with Gasteiger partial charge in [-0.15, -0.1) is 10.2 Å². The molecule has 0 bridgehead atoms. The van der Waals surface area contributed by atoms with Crippen molar-refractivity contribution in [1.29, 1.82) is 0 Å². The second-order valence-electron chi connectivity index (χ2n) is 6.56. The lowest BCUT2D eigenvalue weighted by molar-refractivity contribution is -0.155. The van der Waals surface area contributed by atoms with Gasteiger partial charge in [-0.3, -0.25) is 4.79 Å². The third-order valence-corrected chi connectivity index (χ3v) is 5.72. The van der Waals surface area contributed by atoms with Crippen LogP contribution in [0.25, 0.3) is 11.4 Å². The number of esters is 1. The molecule has 28 heavy (non-hydrogen) atoms. The van der Waals surface area contributed by atoms with E-state index in [1.807, 2.05) is 41.8 Å². The molecule has 1 amide bonds. The zero-order valence-corrected chi connectivity index (χ0v) is 17.2. The van der Waals surface area contributed by atoms with Crippen molar-refractivity contribution in [3.05, 3.63) is 30.3 Å². The fourth-order valence-corrected chi connectivity index (χ4v) is 4.29. The highest BCUT2D eigenvalue weighted by Crippen LogP contribution is 2.25. The summed E-state index contributed by atoms with van der Waals surface area (Å²) in [7, 11) is 0. The molecule has 1 aromatic carbocycles. The fraction of sp³-hybridized carbons (Fsp3) is 0.500. The van der Waals surface area contributed by atoms with Crippen LogP contribution in [-0.2, 0) is 20.9 Å². The van der Waals surface area contributed by atoms with Crippen LogP contribution in [0.4, 0.5) is 0 Å². The van der Waals surface area contributed by atoms with Crippen LogP contribution in [0.15, 0.2) is 35.5 Å². The van der Waals surface area contributed by atoms with Crippen LogP contribution >= 0.6 is 11.8 Å². The molecule has 1 aliphatic heterocycles. The first-order valence-electron chi connectivity index (χ1n) is 9.73. The van der Waals surface area contributed by atoms with E-state index < -0.39 is 6.04 Å². The molecule has 7 nitrogen and oxygen atoms in total. The van der Waals surface area contributed by atoms with Crippen molar-refractivity contribution < 1.29 is 14.3 Å². The Balaban J connectivity index is 1.69. The Kier molecular flexibility index (Phi) is 7.08. The third kappa shape index (κ3) is 4.55. The van der Waals surface area contributed by atoms with E-state index in [-0.39, 0.29) is 17.6 Å². The number of hydrogen-bond donors (Lipinski definition) is 0. The van der Waals surface area contributed by atoms with Crippen LogP contribution < -0.4 is 0 Å². The number of thioether (sulfide) groups is 1. The highest BCUT2D eigenvalue weighted by molar-refractivity contribution is 7.99. The van der Waals surface area contributed by atoms with E-state index in [1.165, 1.54) is 11.8 Å². The van der Waals surface area contributed by atoms with Crippen LogP contribution in [0.3, 0.4) is 0 Å². The molecular formula is C20H26N4O3S. The number of hydrogen-bond acceptors (Lipinski definition) is 6. The Bertz CT molecular complexity index is 809. The molecule has 0 N–H and O–H groups in total. The zero-order chi connectivity index (χ0) is 19.9. The van der Waals surface area contributed by atoms with Gasteiger partial charge in [0.05, 0.1) is 12.4 Å². The number of aromatic nitrogens is 3. The molecule has 0 saturated carbocycles. The molecule has 1 aliphatic rings. The van der Waals surface area contributed by atoms with Gasteiger partial charge in [0.25, 0.3) is 0 Å². The average molecular weight is 403 g/mol. The summed E-state index contributed by atoms with van der Waals surface area (Å²) in [5.74, 6) is 0.654. The van der Waals surface area contributed by atoms with Crippen molar-refractivity contribution in [3.63, 3.8) is 0 Å². The molecule has 150 valence electrons. The van der Waals surface area contributed by atoms with E-state index >= 15 is 0 Å². The maximum Gasteiger partial charge on any atom is 0.328 e. The number of nitrogens with zero attached hydrogens (tertiary/aromatic N) is 4. The molecule has 1 aromatic heterocycles. The number of ether oxygens (including phenoxy) is 1. The molecule has 2 aromatic rings. The first-order chi connectivity index (χ1) is 13.7. The summed E-state index contributed by atoms with van der Waals surface area (Å²) in [6.07, 6.45) is 2.51. The van der Waals surface area contributed by atoms with Crippen LogP contribution in [0, 0.1) is 0 Å². The minimum Gasteiger partial charge on any atom is -0.464 e. The number of rotatable bonds is 7. The van der Waals surface area contributed by atoms with E-state index in [0.717, 1.165) is 24.2 Å². The van der Waals surface area contributed by atoms with Crippen LogP contribution in [-0.4, -0.2) is 56.5 Å². The smallest absolute Gasteiger partial charge is 0.328 e. The Morgan fingerprint density at radius 2 is 1.96 bits per heavy atom. The van der Waals surface area contributed by atoms with E-state index in [0.29, 0.717) is 31.3 Å². The minimum atomic E-state index is -0.467. The molecule has 0 unspecified atom stereocenters. The van der Waals surface area contributed by atoms with Crippen molar-refractivity contribution in [1.82, 2.24) is 19.7 Å². The highest BCUT2D eigenvalue weighted by atomic mass is 32.2. The van der Waals surface area contributed by atoms with Gasteiger partial charge in [-0.05, 0) is 33.1 Å². The second-order valence-corrected chi connectivity index (χ2v) is 7.50. The largest absolute Gasteiger partial charge is 0.464 e. The van der Waals surface area contributed by atoms with Gasteiger partial charge in [-0.25, -0.2) is 4.79 Å². The van der Waals surface area contributed by atoms with Crippen LogP contribution in [0.5, 0.6) is 0 Å². The monoisotopic (exact) mass is 402 g/mol. The number of carbonyl (C=O) groups is 2. The van der Waals surface area contributed by atoms with Crippen molar-refractivity contribution in [2.45, 2.75) is 50.9 Å². The molecule has 3 rings (SSSR count). The molecule has 0 aliphatic carbocycles. The van der Waals surface area contributed by atoms with Gasteiger partial charge in [0.1, 0.15) is 6.04 Å². The van der Waals surface area contributed by atoms with Crippen molar-refractivity contribution >= 4 is 23.6 Å². The number of carbonyl (C=O) groups excluding carboxylic acids is 2. The molecule has 0 spiro atoms. The summed E-state index contributed by atoms with van der Waals surface area (Å²) in [6.45, 7) is 5.45. The van der Waals surface area contributed by atoms with Gasteiger partial charge in [0, 0.05) is 18.7 Å². The first-order valence-corrected chi connectivity index (χ1v) is 10.7. The van der Waals surface area contributed by atoms with Crippen LogP contribution in [0.1, 0.15) is 33.1 Å². The van der Waals surface area contributed by atoms with Gasteiger partial charge in [-0.1, -0.05) is 42.1 Å². The van der Waals surface area contributed by atoms with Crippen molar-refractivity contribution in [2.24, 2.45) is 0 Å². The Morgan fingerprint density at radius 3 is 2.68 bits per heavy atom. The Labute approximate surface area is 169 Å². The van der Waals surface area contributed by atoms with Crippen molar-refractivity contribution in [2.75, 3.05) is 18.9 Å². The minimum absolute atomic E-state index is 0.0605. The van der Waals surface area contributed by atoms with Gasteiger partial charge >= 0.3 is 5.97 Å². The summed E-state index contributed by atoms with van der Waals surface area (Å²) in [5, 5.41) is 9.29. The van der Waals surface area contributed by atoms with Gasteiger partial charge in [-0.2, -0.15) is 0 Å². The molecule has 1 fully saturated rings. The quantitative estimate of drug-likeness (QED) is 0.523. The number of amides is 1. The van der Waals surface area contributed by atoms with Crippen molar-refractivity contribution in [3.8, 4) is 11.4 Å². The van der Waals surface area contributed by atoms with Crippen LogP contribution in [0.2, 0.25) is 0 Å². The van der Waals surface area contributed by atoms with Gasteiger partial charge < -0.3 is 14.2 Å². The van der Waals surface area contributed by atoms with Gasteiger partial charge in [0.15, 0.2) is 11.0 Å².